The third-order valence-corrected chi connectivity index (χ3v) is 3.50. The molecule has 0 aliphatic heterocycles. The van der Waals surface area contributed by atoms with E-state index in [0.29, 0.717) is 11.3 Å². The van der Waals surface area contributed by atoms with E-state index >= 15 is 0 Å². The van der Waals surface area contributed by atoms with Crippen molar-refractivity contribution in [3.63, 3.8) is 0 Å². The van der Waals surface area contributed by atoms with Crippen LogP contribution in [0.1, 0.15) is 15.9 Å². The predicted octanol–water partition coefficient (Wildman–Crippen LogP) is 3.66. The van der Waals surface area contributed by atoms with Gasteiger partial charge in [0.1, 0.15) is 0 Å². The molecule has 4 nitrogen and oxygen atoms in total. The van der Waals surface area contributed by atoms with Crippen LogP contribution in [-0.4, -0.2) is 20.0 Å². The van der Waals surface area contributed by atoms with Gasteiger partial charge in [0.05, 0.1) is 5.56 Å². The van der Waals surface area contributed by atoms with Gasteiger partial charge in [-0.05, 0) is 48.9 Å². The first-order valence-corrected chi connectivity index (χ1v) is 7.31. The lowest BCUT2D eigenvalue weighted by Crippen LogP contribution is -2.19. The largest absolute Gasteiger partial charge is 0.399 e. The fourth-order valence-corrected chi connectivity index (χ4v) is 2.74. The summed E-state index contributed by atoms with van der Waals surface area (Å²) < 4.78 is 0.929. The first-order chi connectivity index (χ1) is 9.86. The lowest BCUT2D eigenvalue weighted by molar-refractivity contribution is 0.102. The van der Waals surface area contributed by atoms with Gasteiger partial charge >= 0.3 is 0 Å². The number of aryl methyl sites for hydroxylation is 1. The van der Waals surface area contributed by atoms with Crippen LogP contribution in [0.2, 0.25) is 0 Å². The minimum absolute atomic E-state index is 0.177. The number of amides is 1. The van der Waals surface area contributed by atoms with Crippen LogP contribution < -0.4 is 16.0 Å². The quantitative estimate of drug-likeness (QED) is 0.833. The van der Waals surface area contributed by atoms with Gasteiger partial charge in [0.25, 0.3) is 5.91 Å². The topological polar surface area (TPSA) is 58.4 Å². The molecule has 21 heavy (non-hydrogen) atoms. The first-order valence-electron chi connectivity index (χ1n) is 6.52. The summed E-state index contributed by atoms with van der Waals surface area (Å²) in [6.07, 6.45) is 0. The zero-order valence-corrected chi connectivity index (χ0v) is 13.9. The van der Waals surface area contributed by atoms with Gasteiger partial charge in [-0.3, -0.25) is 4.79 Å². The molecule has 0 bridgehead atoms. The number of rotatable bonds is 3. The summed E-state index contributed by atoms with van der Waals surface area (Å²) in [6.45, 7) is 1.98. The number of halogens is 1. The normalized spacial score (nSPS) is 10.3. The van der Waals surface area contributed by atoms with Crippen LogP contribution in [0.4, 0.5) is 17.1 Å². The number of nitrogens with one attached hydrogen (secondary N) is 1. The smallest absolute Gasteiger partial charge is 0.257 e. The van der Waals surface area contributed by atoms with E-state index in [-0.39, 0.29) is 5.91 Å². The van der Waals surface area contributed by atoms with Crippen molar-refractivity contribution in [1.82, 2.24) is 0 Å². The van der Waals surface area contributed by atoms with Gasteiger partial charge in [0.15, 0.2) is 0 Å². The number of carbonyl (C=O) groups is 1. The molecule has 0 fully saturated rings. The molecule has 3 N–H and O–H groups in total. The third kappa shape index (κ3) is 3.76. The molecule has 0 atom stereocenters. The fraction of sp³-hybridized carbons (Fsp3) is 0.188. The second-order valence-corrected chi connectivity index (χ2v) is 6.06. The highest BCUT2D eigenvalue weighted by Crippen LogP contribution is 2.24. The average Bonchev–Trinajstić information content (AvgIpc) is 2.36. The van der Waals surface area contributed by atoms with Gasteiger partial charge in [0.2, 0.25) is 0 Å². The van der Waals surface area contributed by atoms with Crippen molar-refractivity contribution >= 4 is 38.9 Å². The molecule has 1 amide bonds. The summed E-state index contributed by atoms with van der Waals surface area (Å²) in [4.78, 5) is 14.4. The van der Waals surface area contributed by atoms with Crippen molar-refractivity contribution in [1.29, 1.82) is 0 Å². The van der Waals surface area contributed by atoms with Crippen molar-refractivity contribution in [3.8, 4) is 0 Å². The third-order valence-electron chi connectivity index (χ3n) is 3.05. The lowest BCUT2D eigenvalue weighted by Gasteiger charge is -2.18. The molecule has 0 aliphatic carbocycles. The van der Waals surface area contributed by atoms with Crippen LogP contribution in [-0.2, 0) is 0 Å². The Morgan fingerprint density at radius 2 is 1.90 bits per heavy atom. The van der Waals surface area contributed by atoms with Crippen LogP contribution in [0.15, 0.2) is 40.9 Å². The Bertz CT molecular complexity index is 663. The maximum absolute atomic E-state index is 12.5. The van der Waals surface area contributed by atoms with Crippen molar-refractivity contribution in [2.45, 2.75) is 6.92 Å². The molecule has 0 aromatic heterocycles. The molecule has 110 valence electrons. The standard InChI is InChI=1S/C16H18BrN3O/c1-10-6-11(17)8-13(7-10)19-16(21)14-9-12(18)4-5-15(14)20(2)3/h4-9H,18H2,1-3H3,(H,19,21). The number of anilines is 3. The summed E-state index contributed by atoms with van der Waals surface area (Å²) in [7, 11) is 3.79. The molecule has 0 saturated heterocycles. The number of hydrogen-bond acceptors (Lipinski definition) is 3. The molecule has 2 aromatic carbocycles. The molecular weight excluding hydrogens is 330 g/mol. The number of nitrogens with two attached hydrogens (primary N) is 1. The second-order valence-electron chi connectivity index (χ2n) is 5.14. The Balaban J connectivity index is 2.34. The highest BCUT2D eigenvalue weighted by molar-refractivity contribution is 9.10. The molecule has 2 rings (SSSR count). The molecular formula is C16H18BrN3O. The van der Waals surface area contributed by atoms with E-state index in [2.05, 4.69) is 21.2 Å². The fourth-order valence-electron chi connectivity index (χ4n) is 2.13. The van der Waals surface area contributed by atoms with Crippen LogP contribution in [0.3, 0.4) is 0 Å². The molecule has 0 radical (unpaired) electrons. The maximum Gasteiger partial charge on any atom is 0.257 e. The number of nitrogens with zero attached hydrogens (tertiary/aromatic N) is 1. The molecule has 0 spiro atoms. The summed E-state index contributed by atoms with van der Waals surface area (Å²) in [5.41, 5.74) is 9.57. The zero-order chi connectivity index (χ0) is 15.6. The van der Waals surface area contributed by atoms with Crippen LogP contribution in [0.5, 0.6) is 0 Å². The summed E-state index contributed by atoms with van der Waals surface area (Å²) in [5, 5.41) is 2.91. The molecule has 2 aromatic rings. The van der Waals surface area contributed by atoms with Gasteiger partial charge in [-0.15, -0.1) is 0 Å². The van der Waals surface area contributed by atoms with E-state index in [4.69, 9.17) is 5.73 Å². The molecule has 0 unspecified atom stereocenters. The Labute approximate surface area is 133 Å². The van der Waals surface area contributed by atoms with E-state index in [1.54, 1.807) is 12.1 Å². The monoisotopic (exact) mass is 347 g/mol. The molecule has 5 heteroatoms. The average molecular weight is 348 g/mol. The summed E-state index contributed by atoms with van der Waals surface area (Å²) in [5.74, 6) is -0.177. The van der Waals surface area contributed by atoms with Gasteiger partial charge in [-0.25, -0.2) is 0 Å². The van der Waals surface area contributed by atoms with Gasteiger partial charge in [-0.2, -0.15) is 0 Å². The minimum atomic E-state index is -0.177. The maximum atomic E-state index is 12.5. The van der Waals surface area contributed by atoms with Gasteiger partial charge in [0, 0.05) is 35.6 Å². The molecule has 0 aliphatic rings. The van der Waals surface area contributed by atoms with Crippen molar-refractivity contribution in [2.75, 3.05) is 30.0 Å². The van der Waals surface area contributed by atoms with E-state index in [1.807, 2.05) is 50.2 Å². The Morgan fingerprint density at radius 1 is 1.19 bits per heavy atom. The van der Waals surface area contributed by atoms with E-state index in [1.165, 1.54) is 0 Å². The summed E-state index contributed by atoms with van der Waals surface area (Å²) in [6, 6.07) is 11.1. The van der Waals surface area contributed by atoms with Crippen LogP contribution >= 0.6 is 15.9 Å². The Morgan fingerprint density at radius 3 is 2.52 bits per heavy atom. The number of benzene rings is 2. The van der Waals surface area contributed by atoms with Crippen LogP contribution in [0.25, 0.3) is 0 Å². The highest BCUT2D eigenvalue weighted by atomic mass is 79.9. The zero-order valence-electron chi connectivity index (χ0n) is 12.3. The molecule has 0 heterocycles. The van der Waals surface area contributed by atoms with E-state index in [0.717, 1.165) is 21.4 Å². The number of nitrogen functional groups attached to an aromatic ring is 1. The Kier molecular flexibility index (Phi) is 4.53. The van der Waals surface area contributed by atoms with Crippen molar-refractivity contribution in [3.05, 3.63) is 52.0 Å². The first kappa shape index (κ1) is 15.4. The van der Waals surface area contributed by atoms with Gasteiger partial charge in [-0.1, -0.05) is 15.9 Å². The second kappa shape index (κ2) is 6.18. The minimum Gasteiger partial charge on any atom is -0.399 e. The predicted molar refractivity (Wildman–Crippen MR) is 92.0 cm³/mol. The summed E-state index contributed by atoms with van der Waals surface area (Å²) >= 11 is 3.43. The number of carbonyl (C=O) groups excluding carboxylic acids is 1. The highest BCUT2D eigenvalue weighted by Gasteiger charge is 2.14. The van der Waals surface area contributed by atoms with Crippen LogP contribution in [0, 0.1) is 6.92 Å². The number of hydrogen-bond donors (Lipinski definition) is 2. The van der Waals surface area contributed by atoms with E-state index < -0.39 is 0 Å². The SMILES string of the molecule is Cc1cc(Br)cc(NC(=O)c2cc(N)ccc2N(C)C)c1. The van der Waals surface area contributed by atoms with Crippen molar-refractivity contribution < 1.29 is 4.79 Å². The molecule has 0 saturated carbocycles. The Hall–Kier alpha value is -2.01. The van der Waals surface area contributed by atoms with Gasteiger partial charge < -0.3 is 16.0 Å². The van der Waals surface area contributed by atoms with Crippen molar-refractivity contribution in [2.24, 2.45) is 0 Å². The lowest BCUT2D eigenvalue weighted by atomic mass is 10.1. The van der Waals surface area contributed by atoms with E-state index in [9.17, 15) is 4.79 Å².